The molecule has 8 aliphatic heterocycles. The van der Waals surface area contributed by atoms with Crippen LogP contribution in [0.2, 0.25) is 0 Å². The maximum absolute atomic E-state index is 13.1. The molecule has 4 fully saturated rings. The fourth-order valence-electron chi connectivity index (χ4n) is 19.7. The van der Waals surface area contributed by atoms with E-state index in [1.54, 1.807) is 75.9 Å². The van der Waals surface area contributed by atoms with E-state index in [0.717, 1.165) is 92.5 Å². The summed E-state index contributed by atoms with van der Waals surface area (Å²) in [6.07, 6.45) is 26.6. The highest BCUT2D eigenvalue weighted by Gasteiger charge is 2.44. The van der Waals surface area contributed by atoms with E-state index in [-0.39, 0.29) is 91.4 Å². The summed E-state index contributed by atoms with van der Waals surface area (Å²) in [6, 6.07) is 84.2. The molecule has 10 aromatic carbocycles. The van der Waals surface area contributed by atoms with Crippen LogP contribution in [0, 0.1) is 6.92 Å². The predicted octanol–water partition coefficient (Wildman–Crippen LogP) is 24.2. The molecule has 25 heteroatoms. The number of methoxy groups -OCH3 is 2. The number of nitrogens with zero attached hydrogens (tertiary/aromatic N) is 9. The van der Waals surface area contributed by atoms with E-state index in [1.807, 2.05) is 157 Å². The van der Waals surface area contributed by atoms with Gasteiger partial charge in [0.1, 0.15) is 11.5 Å². The number of para-hydroxylation sites is 6. The molecular formula is C120H119N9O12S4. The number of carbonyl (C=O) groups excluding carboxylic acids is 6. The van der Waals surface area contributed by atoms with Crippen molar-refractivity contribution >= 4 is 163 Å². The Morgan fingerprint density at radius 3 is 1.25 bits per heavy atom. The van der Waals surface area contributed by atoms with Gasteiger partial charge < -0.3 is 52.9 Å². The molecule has 0 spiro atoms. The van der Waals surface area contributed by atoms with E-state index in [1.165, 1.54) is 70.2 Å². The summed E-state index contributed by atoms with van der Waals surface area (Å²) in [5, 5.41) is 0.819. The molecule has 0 bridgehead atoms. The highest BCUT2D eigenvalue weighted by atomic mass is 32.1. The maximum atomic E-state index is 13.1. The van der Waals surface area contributed by atoms with Crippen LogP contribution in [0.15, 0.2) is 361 Å². The minimum absolute atomic E-state index is 0. The molecule has 8 heterocycles. The molecule has 3 aliphatic carbocycles. The van der Waals surface area contributed by atoms with Crippen LogP contribution < -0.4 is 34.0 Å². The van der Waals surface area contributed by atoms with Gasteiger partial charge in [0.15, 0.2) is 34.6 Å². The molecule has 4 unspecified atom stereocenters. The summed E-state index contributed by atoms with van der Waals surface area (Å²) in [4.78, 5) is 91.1. The van der Waals surface area contributed by atoms with Gasteiger partial charge in [0.05, 0.1) is 26.3 Å². The van der Waals surface area contributed by atoms with Gasteiger partial charge in [0.25, 0.3) is 44.3 Å². The molecular weight excluding hydrogens is 1890 g/mol. The SMILES string of the molecule is C.CCN1C(=O)/C(=C\c2ccc(C)cc2)OC1=S.CCN1C(=O)/C(=C\c2ccc(N(c3ccccc3)c3ccccc3)cc2)OC1=S.CCN1C(=O)/C(=C\c2ccc(OC)cc2OC)OC1=S.CCN1c2ccccc2C2C=C(/C=C3/Cc4ccccc4C3=O)C=CC21.CCN1c2ccccc2C2C=C(/C=C3/OC(=S)N(C)C3=O)C=CC21.CN1/C(=C/C(=O)/C=C2/N(C)c3ccccc3C2(C)C)C(C)(C)c2ccccc21. The predicted molar refractivity (Wildman–Crippen MR) is 596 cm³/mol. The van der Waals surface area contributed by atoms with E-state index in [0.29, 0.717) is 60.8 Å². The molecule has 4 atom stereocenters. The number of carbonyl (C=O) groups is 6. The third-order valence-corrected chi connectivity index (χ3v) is 28.5. The number of rotatable bonds is 17. The Hall–Kier alpha value is -15.3. The minimum atomic E-state index is -0.240. The number of aryl methyl sites for hydroxylation is 1. The molecule has 4 saturated heterocycles. The number of ketones is 2. The van der Waals surface area contributed by atoms with Crippen molar-refractivity contribution in [2.45, 2.75) is 118 Å². The Bertz CT molecular complexity index is 6990. The Labute approximate surface area is 871 Å². The number of anilines is 7. The first-order chi connectivity index (χ1) is 69.4. The zero-order valence-electron chi connectivity index (χ0n) is 83.3. The van der Waals surface area contributed by atoms with E-state index >= 15 is 0 Å². The van der Waals surface area contributed by atoms with Crippen LogP contribution in [0.25, 0.3) is 18.2 Å². The molecule has 0 radical (unpaired) electrons. The highest BCUT2D eigenvalue weighted by molar-refractivity contribution is 7.80. The summed E-state index contributed by atoms with van der Waals surface area (Å²) in [6.45, 7) is 24.2. The van der Waals surface area contributed by atoms with E-state index in [4.69, 9.17) is 77.3 Å². The zero-order valence-corrected chi connectivity index (χ0v) is 86.6. The fraction of sp³-hybridized carbons (Fsp3) is 0.233. The standard InChI is InChI=1S/C25H28N2O.C24H20N2O2S.C24H21NO.C19H18N2O2S.C14H15NO4S.C13H13NO2S.CH4/c1-24(2)18-11-7-9-13-20(18)26(5)22(24)15-17(28)16-23-25(3,4)19-12-8-10-14-21(19)27(23)6;1-2-25-23(27)22(28-24(25)29)17-18-13-15-21(16-14-18)26(19-9-5-3-6-10-19)20-11-7-4-8-12-20;1-2-25-22-10-6-5-9-20(22)21-14-16(11-12-23(21)25)13-18-15-17-7-3-4-8-19(17)24(18)26;1-3-21-15-7-5-4-6-13(15)14-10-12(8-9-16(14)21)11-17-18(22)20(2)19(24)23-17;1-4-15-13(16)12(19-14(15)20)7-9-5-6-10(17-2)8-11(9)18-3;1-3-14-12(15)11(16-13(14)17)8-10-6-4-9(2)5-7-10;/h7-16H,1-6H3;3-17H,2H2,1H3;3-14,21,23H,2,15H2,1H3;4-11,14,16H,3H2,1-2H3;5-8H,4H2,1-3H3;4-8H,3H2,1-2H3;1H4/b22-15+,23-16+;22-17+;18-13-;17-11+;12-7+;11-8+;. The third-order valence-electron chi connectivity index (χ3n) is 27.2. The first kappa shape index (κ1) is 104. The van der Waals surface area contributed by atoms with E-state index in [2.05, 4.69) is 224 Å². The molecule has 740 valence electrons. The normalized spacial score (nSPS) is 20.4. The Kier molecular flexibility index (Phi) is 32.4. The monoisotopic (exact) mass is 2010 g/mol. The van der Waals surface area contributed by atoms with Crippen LogP contribution in [0.1, 0.15) is 142 Å². The van der Waals surface area contributed by atoms with Gasteiger partial charge in [-0.2, -0.15) is 0 Å². The van der Waals surface area contributed by atoms with Crippen molar-refractivity contribution in [3.05, 3.63) is 416 Å². The number of ether oxygens (including phenoxy) is 6. The van der Waals surface area contributed by atoms with Gasteiger partial charge in [-0.05, 0) is 244 Å². The second-order valence-electron chi connectivity index (χ2n) is 36.6. The molecule has 4 amide bonds. The lowest BCUT2D eigenvalue weighted by Gasteiger charge is -2.28. The Morgan fingerprint density at radius 2 is 0.828 bits per heavy atom. The number of allylic oxidation sites excluding steroid dienone is 11. The van der Waals surface area contributed by atoms with Gasteiger partial charge in [0.2, 0.25) is 0 Å². The van der Waals surface area contributed by atoms with Crippen molar-refractivity contribution in [2.75, 3.05) is 92.6 Å². The van der Waals surface area contributed by atoms with Crippen LogP contribution in [-0.4, -0.2) is 156 Å². The summed E-state index contributed by atoms with van der Waals surface area (Å²) >= 11 is 20.1. The van der Waals surface area contributed by atoms with Gasteiger partial charge in [0, 0.05) is 169 Å². The largest absolute Gasteiger partial charge is 0.497 e. The maximum Gasteiger partial charge on any atom is 0.297 e. The van der Waals surface area contributed by atoms with Gasteiger partial charge in [-0.3, -0.25) is 48.4 Å². The lowest BCUT2D eigenvalue weighted by atomic mass is 9.82. The van der Waals surface area contributed by atoms with Gasteiger partial charge in [-0.15, -0.1) is 0 Å². The molecule has 21 rings (SSSR count). The van der Waals surface area contributed by atoms with Gasteiger partial charge >= 0.3 is 0 Å². The van der Waals surface area contributed by atoms with Crippen LogP contribution in [-0.2, 0) is 60.2 Å². The van der Waals surface area contributed by atoms with Crippen molar-refractivity contribution in [1.82, 2.24) is 19.6 Å². The number of thiocarbonyl (C=S) groups is 4. The minimum Gasteiger partial charge on any atom is -0.497 e. The van der Waals surface area contributed by atoms with Gasteiger partial charge in [-0.25, -0.2) is 0 Å². The van der Waals surface area contributed by atoms with Crippen molar-refractivity contribution in [2.24, 2.45) is 0 Å². The number of Topliss-reactive ketones (excluding diaryl/α,β-unsaturated/α-hetero) is 1. The molecule has 11 aliphatic rings. The summed E-state index contributed by atoms with van der Waals surface area (Å²) < 4.78 is 31.9. The Balaban J connectivity index is 0.000000132. The number of benzene rings is 10. The summed E-state index contributed by atoms with van der Waals surface area (Å²) in [7, 11) is 8.84. The summed E-state index contributed by atoms with van der Waals surface area (Å²) in [5.41, 5.74) is 23.8. The number of amides is 4. The lowest BCUT2D eigenvalue weighted by Crippen LogP contribution is -2.32. The number of hydrogen-bond donors (Lipinski definition) is 0. The smallest absolute Gasteiger partial charge is 0.297 e. The van der Waals surface area contributed by atoms with Crippen molar-refractivity contribution in [3.63, 3.8) is 0 Å². The zero-order chi connectivity index (χ0) is 102. The lowest BCUT2D eigenvalue weighted by molar-refractivity contribution is -0.123. The van der Waals surface area contributed by atoms with Crippen LogP contribution >= 0.6 is 48.9 Å². The third kappa shape index (κ3) is 21.7. The Morgan fingerprint density at radius 1 is 0.428 bits per heavy atom. The van der Waals surface area contributed by atoms with Crippen LogP contribution in [0.4, 0.5) is 39.8 Å². The van der Waals surface area contributed by atoms with Crippen LogP contribution in [0.3, 0.4) is 0 Å². The van der Waals surface area contributed by atoms with Gasteiger partial charge in [-0.1, -0.05) is 247 Å². The van der Waals surface area contributed by atoms with Crippen LogP contribution in [0.5, 0.6) is 11.5 Å². The van der Waals surface area contributed by atoms with Crippen molar-refractivity contribution < 1.29 is 57.2 Å². The first-order valence-corrected chi connectivity index (χ1v) is 49.8. The highest BCUT2D eigenvalue weighted by Crippen LogP contribution is 2.51. The quantitative estimate of drug-likeness (QED) is 0.0618. The molecule has 10 aromatic rings. The second kappa shape index (κ2) is 45.1. The number of fused-ring (bicyclic) bond motifs is 9. The van der Waals surface area contributed by atoms with E-state index in [9.17, 15) is 28.8 Å². The van der Waals surface area contributed by atoms with Crippen molar-refractivity contribution in [3.8, 4) is 11.5 Å². The van der Waals surface area contributed by atoms with E-state index < -0.39 is 0 Å². The topological polar surface area (TPSA) is 187 Å². The second-order valence-corrected chi connectivity index (χ2v) is 38.0. The molecule has 0 N–H and O–H groups in total. The molecule has 21 nitrogen and oxygen atoms in total. The molecule has 145 heavy (non-hydrogen) atoms. The molecule has 0 saturated carbocycles. The number of hydrogen-bond acceptors (Lipinski definition) is 21. The average molecular weight is 2010 g/mol. The average Bonchev–Trinajstić information content (AvgIpc) is 1.59. The fourth-order valence-corrected chi connectivity index (χ4v) is 20.8. The summed E-state index contributed by atoms with van der Waals surface area (Å²) in [5.74, 6) is 2.36. The van der Waals surface area contributed by atoms with Crippen molar-refractivity contribution in [1.29, 1.82) is 0 Å². The number of likely N-dealkylation sites (N-methyl/N-ethyl adjacent to an activating group) is 8. The molecule has 0 aromatic heterocycles. The first-order valence-electron chi connectivity index (χ1n) is 48.2.